The Morgan fingerprint density at radius 1 is 0.744 bits per heavy atom. The molecule has 1 N–H and O–H groups in total. The average molecular weight is 531 g/mol. The van der Waals surface area contributed by atoms with Crippen molar-refractivity contribution in [2.45, 2.75) is 126 Å². The molecular formula is C37H54O2. The van der Waals surface area contributed by atoms with E-state index < -0.39 is 5.97 Å². The predicted molar refractivity (Wildman–Crippen MR) is 159 cm³/mol. The molecule has 9 atom stereocenters. The number of carboxylic acid groups (broad SMARTS) is 1. The summed E-state index contributed by atoms with van der Waals surface area (Å²) in [5.41, 5.74) is 3.26. The van der Waals surface area contributed by atoms with Crippen molar-refractivity contribution in [2.24, 2.45) is 61.6 Å². The largest absolute Gasteiger partial charge is 0.478 e. The van der Waals surface area contributed by atoms with E-state index in [4.69, 9.17) is 0 Å². The van der Waals surface area contributed by atoms with Crippen molar-refractivity contribution < 1.29 is 9.90 Å². The Morgan fingerprint density at radius 3 is 1.90 bits per heavy atom. The summed E-state index contributed by atoms with van der Waals surface area (Å²) in [6, 6.07) is 8.18. The molecule has 9 fully saturated rings. The maximum atomic E-state index is 12.8. The normalized spacial score (nSPS) is 51.6. The third-order valence-corrected chi connectivity index (χ3v) is 17.3. The molecule has 0 heterocycles. The number of carbonyl (C=O) groups is 1. The molecule has 0 radical (unpaired) electrons. The van der Waals surface area contributed by atoms with E-state index in [1.807, 2.05) is 12.1 Å². The number of carboxylic acids is 1. The minimum absolute atomic E-state index is 0.0419. The first kappa shape index (κ1) is 26.6. The Kier molecular flexibility index (Phi) is 4.89. The van der Waals surface area contributed by atoms with Crippen molar-refractivity contribution >= 4 is 5.97 Å². The second kappa shape index (κ2) is 7.18. The Hall–Kier alpha value is -1.31. The van der Waals surface area contributed by atoms with Crippen LogP contribution in [0.2, 0.25) is 0 Å². The average Bonchev–Trinajstić information content (AvgIpc) is 2.87. The van der Waals surface area contributed by atoms with Gasteiger partial charge in [0.25, 0.3) is 0 Å². The van der Waals surface area contributed by atoms with Crippen LogP contribution in [-0.4, -0.2) is 11.1 Å². The Bertz CT molecular complexity index is 1250. The van der Waals surface area contributed by atoms with Gasteiger partial charge in [0.05, 0.1) is 5.56 Å². The Balaban J connectivity index is 1.49. The van der Waals surface area contributed by atoms with E-state index >= 15 is 0 Å². The van der Waals surface area contributed by atoms with E-state index in [-0.39, 0.29) is 27.1 Å². The number of benzene rings is 1. The first-order valence-electron chi connectivity index (χ1n) is 16.3. The zero-order valence-electron chi connectivity index (χ0n) is 26.3. The van der Waals surface area contributed by atoms with Crippen LogP contribution < -0.4 is 0 Å². The van der Waals surface area contributed by atoms with E-state index in [0.29, 0.717) is 27.7 Å². The van der Waals surface area contributed by atoms with Crippen molar-refractivity contribution in [1.82, 2.24) is 0 Å². The third kappa shape index (κ3) is 2.40. The molecule has 0 amide bonds. The van der Waals surface area contributed by atoms with Gasteiger partial charge in [0.15, 0.2) is 0 Å². The summed E-state index contributed by atoms with van der Waals surface area (Å²) in [6.07, 6.45) is 11.9. The highest BCUT2D eigenvalue weighted by Crippen LogP contribution is 2.91. The molecule has 39 heavy (non-hydrogen) atoms. The van der Waals surface area contributed by atoms with Gasteiger partial charge in [-0.2, -0.15) is 0 Å². The molecule has 214 valence electrons. The van der Waals surface area contributed by atoms with Gasteiger partial charge >= 0.3 is 5.97 Å². The minimum Gasteiger partial charge on any atom is -0.478 e. The van der Waals surface area contributed by atoms with E-state index in [1.54, 1.807) is 0 Å². The third-order valence-electron chi connectivity index (χ3n) is 17.3. The highest BCUT2D eigenvalue weighted by molar-refractivity contribution is 5.90. The molecule has 0 aromatic heterocycles. The lowest BCUT2D eigenvalue weighted by atomic mass is 9.15. The fraction of sp³-hybridized carbons (Fsp3) is 0.811. The van der Waals surface area contributed by atoms with Crippen molar-refractivity contribution in [3.05, 3.63) is 35.4 Å². The molecule has 2 heteroatoms. The van der Waals surface area contributed by atoms with Gasteiger partial charge in [0, 0.05) is 5.41 Å². The van der Waals surface area contributed by atoms with Crippen LogP contribution in [0.15, 0.2) is 24.3 Å². The van der Waals surface area contributed by atoms with Crippen molar-refractivity contribution in [1.29, 1.82) is 0 Å². The van der Waals surface area contributed by atoms with Crippen LogP contribution in [0.3, 0.4) is 0 Å². The Morgan fingerprint density at radius 2 is 1.33 bits per heavy atom. The molecule has 9 unspecified atom stereocenters. The zero-order valence-corrected chi connectivity index (χ0v) is 26.3. The van der Waals surface area contributed by atoms with Crippen LogP contribution >= 0.6 is 0 Å². The summed E-state index contributed by atoms with van der Waals surface area (Å²) in [4.78, 5) is 12.8. The Labute approximate surface area is 238 Å². The van der Waals surface area contributed by atoms with Gasteiger partial charge in [0.2, 0.25) is 0 Å². The van der Waals surface area contributed by atoms with Gasteiger partial charge in [-0.3, -0.25) is 0 Å². The second-order valence-corrected chi connectivity index (χ2v) is 17.9. The quantitative estimate of drug-likeness (QED) is 0.420. The fourth-order valence-electron chi connectivity index (χ4n) is 15.0. The summed E-state index contributed by atoms with van der Waals surface area (Å²) >= 11 is 0. The molecule has 9 aliphatic carbocycles. The first-order chi connectivity index (χ1) is 18.0. The molecule has 0 aliphatic heterocycles. The molecule has 9 aliphatic rings. The van der Waals surface area contributed by atoms with Gasteiger partial charge in [-0.1, -0.05) is 80.5 Å². The maximum Gasteiger partial charge on any atom is 0.335 e. The molecule has 1 aromatic rings. The monoisotopic (exact) mass is 530 g/mol. The van der Waals surface area contributed by atoms with Gasteiger partial charge in [-0.15, -0.1) is 0 Å². The van der Waals surface area contributed by atoms with Crippen LogP contribution in [0.5, 0.6) is 0 Å². The number of hydrogen-bond donors (Lipinski definition) is 1. The standard InChI is InChI=1S/C37H54O2/c1-30(2)23-14-17-33(7,28(30)20-23)37-22-25(32(37,5)6)16-19-35(37,9)34(8)18-15-24-21-36(34,31(24,3)4)27-13-11-10-12-26(27)29(38)39/h10-13,23-25,28H,14-22H2,1-9H3,(H,38,39). The van der Waals surface area contributed by atoms with E-state index in [9.17, 15) is 9.90 Å². The summed E-state index contributed by atoms with van der Waals surface area (Å²) in [5.74, 6) is 2.49. The minimum atomic E-state index is -0.749. The molecule has 0 saturated heterocycles. The zero-order chi connectivity index (χ0) is 28.2. The lowest BCUT2D eigenvalue weighted by Gasteiger charge is -2.88. The number of rotatable bonds is 4. The van der Waals surface area contributed by atoms with Crippen LogP contribution in [0, 0.1) is 61.6 Å². The highest BCUT2D eigenvalue weighted by atomic mass is 16.4. The number of hydrogen-bond acceptors (Lipinski definition) is 1. The van der Waals surface area contributed by atoms with Gasteiger partial charge in [-0.05, 0) is 131 Å². The summed E-state index contributed by atoms with van der Waals surface area (Å²) in [6.45, 7) is 23.7. The highest BCUT2D eigenvalue weighted by Gasteiger charge is 2.85. The maximum absolute atomic E-state index is 12.8. The number of aromatic carboxylic acids is 1. The first-order valence-corrected chi connectivity index (χ1v) is 16.3. The van der Waals surface area contributed by atoms with Crippen molar-refractivity contribution in [3.63, 3.8) is 0 Å². The molecular weight excluding hydrogens is 476 g/mol. The van der Waals surface area contributed by atoms with E-state index in [0.717, 1.165) is 29.7 Å². The summed E-state index contributed by atoms with van der Waals surface area (Å²) in [7, 11) is 0. The van der Waals surface area contributed by atoms with Crippen LogP contribution in [0.1, 0.15) is 136 Å². The fourth-order valence-corrected chi connectivity index (χ4v) is 15.0. The van der Waals surface area contributed by atoms with E-state index in [2.05, 4.69) is 74.4 Å². The smallest absolute Gasteiger partial charge is 0.335 e. The molecule has 0 spiro atoms. The molecule has 2 nitrogen and oxygen atoms in total. The second-order valence-electron chi connectivity index (χ2n) is 17.9. The predicted octanol–water partition coefficient (Wildman–Crippen LogP) is 9.76. The van der Waals surface area contributed by atoms with Gasteiger partial charge in [0.1, 0.15) is 0 Å². The molecule has 1 aromatic carbocycles. The lowest BCUT2D eigenvalue weighted by molar-refractivity contribution is -0.391. The van der Waals surface area contributed by atoms with Crippen molar-refractivity contribution in [2.75, 3.05) is 0 Å². The van der Waals surface area contributed by atoms with Crippen LogP contribution in [0.4, 0.5) is 0 Å². The molecule has 10 rings (SSSR count). The van der Waals surface area contributed by atoms with Crippen LogP contribution in [-0.2, 0) is 5.41 Å². The SMILES string of the molecule is CC1(C)C2CCC(C)(C34CC(CCC3(C)C3(C)CCC5CC3(c3ccccc3C(=O)O)C5(C)C)C4(C)C)C1C2. The summed E-state index contributed by atoms with van der Waals surface area (Å²) < 4.78 is 0. The van der Waals surface area contributed by atoms with Gasteiger partial charge < -0.3 is 5.11 Å². The number of fused-ring (bicyclic) bond motifs is 7. The lowest BCUT2D eigenvalue weighted by Crippen LogP contribution is -2.83. The topological polar surface area (TPSA) is 37.3 Å². The van der Waals surface area contributed by atoms with E-state index in [1.165, 1.54) is 51.4 Å². The molecule has 6 bridgehead atoms. The molecule has 9 saturated carbocycles. The van der Waals surface area contributed by atoms with Crippen molar-refractivity contribution in [3.8, 4) is 0 Å². The van der Waals surface area contributed by atoms with Gasteiger partial charge in [-0.25, -0.2) is 4.79 Å². The summed E-state index contributed by atoms with van der Waals surface area (Å²) in [5, 5.41) is 10.5. The van der Waals surface area contributed by atoms with Crippen LogP contribution in [0.25, 0.3) is 0 Å².